The van der Waals surface area contributed by atoms with Crippen LogP contribution in [0.2, 0.25) is 0 Å². The largest absolute Gasteiger partial charge is 0.472 e. The summed E-state index contributed by atoms with van der Waals surface area (Å²) in [7, 11) is 0. The number of pyridine rings is 1. The minimum Gasteiger partial charge on any atom is -0.472 e. The highest BCUT2D eigenvalue weighted by molar-refractivity contribution is 5.92. The summed E-state index contributed by atoms with van der Waals surface area (Å²) in [6.07, 6.45) is -8.35. The second kappa shape index (κ2) is 15.0. The monoisotopic (exact) mass is 831 g/mol. The lowest BCUT2D eigenvalue weighted by atomic mass is 9.45. The molecular formula is C39H45NO19. The number of cyclic esters (lactones) is 1. The Morgan fingerprint density at radius 2 is 1.51 bits per heavy atom. The number of nitrogens with zero attached hydrogens (tertiary/aromatic N) is 1. The topological polar surface area (TPSA) is 280 Å². The molecule has 3 N–H and O–H groups in total. The fourth-order valence-corrected chi connectivity index (χ4v) is 9.39. The van der Waals surface area contributed by atoms with Gasteiger partial charge in [0, 0.05) is 46.0 Å². The van der Waals surface area contributed by atoms with Crippen LogP contribution < -0.4 is 0 Å². The molecule has 20 nitrogen and oxygen atoms in total. The minimum atomic E-state index is -2.94. The number of aliphatic hydroxyl groups excluding tert-OH is 1. The molecule has 2 aliphatic heterocycles. The molecule has 0 amide bonds. The third kappa shape index (κ3) is 6.61. The van der Waals surface area contributed by atoms with Gasteiger partial charge in [0.25, 0.3) is 0 Å². The van der Waals surface area contributed by atoms with Gasteiger partial charge in [-0.05, 0) is 38.5 Å². The van der Waals surface area contributed by atoms with Gasteiger partial charge in [0.15, 0.2) is 23.4 Å². The van der Waals surface area contributed by atoms with Crippen LogP contribution >= 0.6 is 0 Å². The van der Waals surface area contributed by atoms with Gasteiger partial charge >= 0.3 is 41.8 Å². The van der Waals surface area contributed by atoms with Gasteiger partial charge < -0.3 is 57.6 Å². The zero-order valence-corrected chi connectivity index (χ0v) is 33.3. The number of aromatic nitrogens is 1. The van der Waals surface area contributed by atoms with Crippen LogP contribution in [0.4, 0.5) is 0 Å². The zero-order chi connectivity index (χ0) is 43.6. The number of furan rings is 1. The maximum absolute atomic E-state index is 14.3. The first-order valence-corrected chi connectivity index (χ1v) is 18.5. The van der Waals surface area contributed by atoms with E-state index in [1.165, 1.54) is 32.2 Å². The van der Waals surface area contributed by atoms with E-state index in [0.29, 0.717) is 0 Å². The van der Waals surface area contributed by atoms with Crippen LogP contribution in [0, 0.1) is 11.3 Å². The molecule has 1 spiro atoms. The van der Waals surface area contributed by atoms with Crippen molar-refractivity contribution < 1.29 is 91.2 Å². The van der Waals surface area contributed by atoms with E-state index in [4.69, 9.17) is 42.3 Å². The molecule has 2 aliphatic carbocycles. The highest BCUT2D eigenvalue weighted by atomic mass is 16.7. The average molecular weight is 832 g/mol. The first-order chi connectivity index (χ1) is 27.5. The van der Waals surface area contributed by atoms with Crippen LogP contribution in [0.1, 0.15) is 87.6 Å². The summed E-state index contributed by atoms with van der Waals surface area (Å²) in [5, 5.41) is 37.5. The number of fused-ring (bicyclic) bond motifs is 5. The average Bonchev–Trinajstić information content (AvgIpc) is 3.76. The van der Waals surface area contributed by atoms with Gasteiger partial charge in [-0.15, -0.1) is 0 Å². The van der Waals surface area contributed by atoms with Crippen molar-refractivity contribution in [2.45, 2.75) is 120 Å². The summed E-state index contributed by atoms with van der Waals surface area (Å²) in [6.45, 7) is 6.66. The van der Waals surface area contributed by atoms with Gasteiger partial charge in [-0.3, -0.25) is 24.2 Å². The van der Waals surface area contributed by atoms with Gasteiger partial charge in [0.1, 0.15) is 60.5 Å². The van der Waals surface area contributed by atoms with Crippen molar-refractivity contribution in [3.8, 4) is 0 Å². The SMILES string of the molecule is CC(=O)OC[C@@]12[C@H](OC(C)=O)[C@@H](O)[C@@H]3OC(=O)[C@](C)(O)[C@@H](C)c4ccncc4C(=O)OC[C@]4(C)O[C@@]1([C@H](OC(C)=O)[C@H]4[C@@H](OC(=O)c1ccoc1)[C@H]2OC(C)=O)[C@@]3(C)O. The summed E-state index contributed by atoms with van der Waals surface area (Å²) in [5.41, 5.74) is -13.5. The highest BCUT2D eigenvalue weighted by Crippen LogP contribution is 2.70. The molecule has 2 aromatic rings. The quantitative estimate of drug-likeness (QED) is 0.252. The minimum absolute atomic E-state index is 0.0606. The lowest BCUT2D eigenvalue weighted by Gasteiger charge is -2.67. The molecule has 2 saturated carbocycles. The molecule has 0 aromatic carbocycles. The van der Waals surface area contributed by atoms with Crippen molar-refractivity contribution >= 4 is 41.8 Å². The van der Waals surface area contributed by atoms with Gasteiger partial charge in [0.2, 0.25) is 0 Å². The number of carbonyl (C=O) groups excluding carboxylic acids is 7. The van der Waals surface area contributed by atoms with E-state index in [-0.39, 0.29) is 16.7 Å². The Hall–Kier alpha value is -5.44. The zero-order valence-electron chi connectivity index (χ0n) is 33.3. The van der Waals surface area contributed by atoms with Crippen LogP contribution in [0.3, 0.4) is 0 Å². The molecular weight excluding hydrogens is 786 g/mol. The normalized spacial score (nSPS) is 38.7. The number of rotatable bonds is 7. The van der Waals surface area contributed by atoms with Crippen molar-refractivity contribution in [3.05, 3.63) is 53.7 Å². The number of esters is 7. The first-order valence-electron chi connectivity index (χ1n) is 18.5. The van der Waals surface area contributed by atoms with Crippen LogP contribution in [0.5, 0.6) is 0 Å². The smallest absolute Gasteiger partial charge is 0.341 e. The van der Waals surface area contributed by atoms with Crippen molar-refractivity contribution in [1.82, 2.24) is 4.98 Å². The van der Waals surface area contributed by atoms with Crippen LogP contribution in [-0.4, -0.2) is 134 Å². The summed E-state index contributed by atoms with van der Waals surface area (Å²) >= 11 is 0. The van der Waals surface area contributed by atoms with Gasteiger partial charge in [-0.25, -0.2) is 14.4 Å². The molecule has 0 unspecified atom stereocenters. The molecule has 59 heavy (non-hydrogen) atoms. The van der Waals surface area contributed by atoms with Crippen molar-refractivity contribution in [2.24, 2.45) is 11.3 Å². The van der Waals surface area contributed by atoms with Crippen LogP contribution in [0.25, 0.3) is 0 Å². The fourth-order valence-electron chi connectivity index (χ4n) is 9.39. The second-order valence-corrected chi connectivity index (χ2v) is 15.8. The molecule has 4 aliphatic rings. The van der Waals surface area contributed by atoms with E-state index in [2.05, 4.69) is 4.98 Å². The van der Waals surface area contributed by atoms with E-state index in [1.54, 1.807) is 0 Å². The van der Waals surface area contributed by atoms with E-state index in [1.807, 2.05) is 0 Å². The van der Waals surface area contributed by atoms with E-state index in [9.17, 15) is 48.9 Å². The number of aliphatic hydroxyl groups is 3. The Morgan fingerprint density at radius 3 is 2.10 bits per heavy atom. The summed E-state index contributed by atoms with van der Waals surface area (Å²) in [5.74, 6) is -10.9. The van der Waals surface area contributed by atoms with Crippen molar-refractivity contribution in [2.75, 3.05) is 13.2 Å². The predicted octanol–water partition coefficient (Wildman–Crippen LogP) is 0.465. The summed E-state index contributed by atoms with van der Waals surface area (Å²) < 4.78 is 53.2. The Morgan fingerprint density at radius 1 is 0.881 bits per heavy atom. The van der Waals surface area contributed by atoms with Crippen molar-refractivity contribution in [1.29, 1.82) is 0 Å². The molecule has 320 valence electrons. The maximum Gasteiger partial charge on any atom is 0.341 e. The molecule has 0 radical (unpaired) electrons. The first kappa shape index (κ1) is 43.1. The van der Waals surface area contributed by atoms with Crippen molar-refractivity contribution in [3.63, 3.8) is 0 Å². The number of ether oxygens (including phenoxy) is 8. The standard InChI is InChI=1S/C39H45NO19/c1-17-23-9-11-40-13-24(23)33(47)53-15-35(6)25-27(57-32(46)22-10-12-51-14-22)31(56-21(5)44)38(16-52-18(2)41)30(55-20(4)43)26(45)29(58-34(48)36(17,7)49)37(8,50)39(38,59-35)28(25)54-19(3)42/h9-14,17,25-31,45,49-50H,15-16H2,1-8H3/t17-,25+,26-,27+,28+,29-,30+,31+,35-,36+,37-,38-,39-/m0/s1. The van der Waals surface area contributed by atoms with Gasteiger partial charge in [-0.1, -0.05) is 6.92 Å². The summed E-state index contributed by atoms with van der Waals surface area (Å²) in [4.78, 5) is 98.8. The molecule has 6 rings (SSSR count). The van der Waals surface area contributed by atoms with Gasteiger partial charge in [-0.2, -0.15) is 0 Å². The molecule has 4 heterocycles. The number of hydrogen-bond donors (Lipinski definition) is 3. The maximum atomic E-state index is 14.3. The lowest BCUT2D eigenvalue weighted by molar-refractivity contribution is -0.387. The van der Waals surface area contributed by atoms with E-state index in [0.717, 1.165) is 60.3 Å². The number of hydrogen-bond acceptors (Lipinski definition) is 20. The summed E-state index contributed by atoms with van der Waals surface area (Å²) in [6, 6.07) is 2.58. The number of carbonyl (C=O) groups is 7. The molecule has 13 atom stereocenters. The van der Waals surface area contributed by atoms with Gasteiger partial charge in [0.05, 0.1) is 23.3 Å². The molecule has 3 fully saturated rings. The molecule has 2 aromatic heterocycles. The molecule has 4 bridgehead atoms. The van der Waals surface area contributed by atoms with E-state index < -0.39 is 131 Å². The molecule has 1 saturated heterocycles. The third-order valence-corrected chi connectivity index (χ3v) is 12.0. The van der Waals surface area contributed by atoms with Crippen LogP contribution in [-0.2, 0) is 61.9 Å². The second-order valence-electron chi connectivity index (χ2n) is 15.8. The fraction of sp³-hybridized carbons (Fsp3) is 0.590. The Kier molecular flexibility index (Phi) is 11.0. The Bertz CT molecular complexity index is 2050. The predicted molar refractivity (Wildman–Crippen MR) is 189 cm³/mol. The highest BCUT2D eigenvalue weighted by Gasteiger charge is 2.91. The third-order valence-electron chi connectivity index (χ3n) is 12.0. The Labute approximate surface area is 336 Å². The van der Waals surface area contributed by atoms with E-state index >= 15 is 0 Å². The molecule has 20 heteroatoms. The lowest BCUT2D eigenvalue weighted by Crippen LogP contribution is -2.89. The van der Waals surface area contributed by atoms with Crippen LogP contribution in [0.15, 0.2) is 41.5 Å². The Balaban J connectivity index is 1.76.